The van der Waals surface area contributed by atoms with E-state index in [2.05, 4.69) is 36.6 Å². The van der Waals surface area contributed by atoms with Crippen LogP contribution in [0.3, 0.4) is 0 Å². The second-order valence-electron chi connectivity index (χ2n) is 8.48. The van der Waals surface area contributed by atoms with E-state index in [0.717, 1.165) is 43.2 Å². The van der Waals surface area contributed by atoms with E-state index in [1.807, 2.05) is 30.3 Å². The molecule has 1 saturated heterocycles. The topological polar surface area (TPSA) is 35.9 Å². The average molecular weight is 459 g/mol. The number of anilines is 1. The lowest BCUT2D eigenvalue weighted by Crippen LogP contribution is -2.49. The van der Waals surface area contributed by atoms with Crippen molar-refractivity contribution in [1.82, 2.24) is 4.90 Å². The molecule has 3 rings (SSSR count). The Hall–Kier alpha value is -1.53. The molecule has 4 nitrogen and oxygen atoms in total. The van der Waals surface area contributed by atoms with Crippen molar-refractivity contribution in [3.8, 4) is 5.75 Å². The van der Waals surface area contributed by atoms with Crippen molar-refractivity contribution < 1.29 is 14.2 Å². The first-order chi connectivity index (χ1) is 13.3. The maximum atomic E-state index is 13.1. The van der Waals surface area contributed by atoms with E-state index in [-0.39, 0.29) is 42.7 Å². The van der Waals surface area contributed by atoms with Gasteiger partial charge in [-0.2, -0.15) is 0 Å². The number of para-hydroxylation sites is 1. The summed E-state index contributed by atoms with van der Waals surface area (Å²) in [6.45, 7) is 10.8. The van der Waals surface area contributed by atoms with Crippen LogP contribution in [0.15, 0.2) is 48.5 Å². The van der Waals surface area contributed by atoms with Gasteiger partial charge in [0.05, 0.1) is 0 Å². The molecule has 1 unspecified atom stereocenters. The second-order valence-corrected chi connectivity index (χ2v) is 8.48. The number of hydrogen-bond donors (Lipinski definition) is 1. The number of benzene rings is 2. The number of rotatable bonds is 6. The summed E-state index contributed by atoms with van der Waals surface area (Å²) in [7, 11) is 0. The van der Waals surface area contributed by atoms with Gasteiger partial charge in [0.1, 0.15) is 24.3 Å². The summed E-state index contributed by atoms with van der Waals surface area (Å²) in [5, 5.41) is 10.4. The van der Waals surface area contributed by atoms with Crippen LogP contribution in [0.25, 0.3) is 0 Å². The zero-order valence-electron chi connectivity index (χ0n) is 17.9. The van der Waals surface area contributed by atoms with Gasteiger partial charge in [0.25, 0.3) is 0 Å². The minimum Gasteiger partial charge on any atom is -0.491 e. The standard InChI is InChI=1S/C23H31FN2O2.2ClH/c1-23(2,3)21-6-4-5-7-22(21)28-17-20(27)16-25-12-14-26(15-13-25)19-10-8-18(24)9-11-19;;/h4-11,20,27H,12-17H2,1-3H3;2*1H. The predicted molar refractivity (Wildman–Crippen MR) is 126 cm³/mol. The highest BCUT2D eigenvalue weighted by molar-refractivity contribution is 5.85. The van der Waals surface area contributed by atoms with Gasteiger partial charge in [0.15, 0.2) is 0 Å². The van der Waals surface area contributed by atoms with Gasteiger partial charge in [0, 0.05) is 38.4 Å². The third-order valence-corrected chi connectivity index (χ3v) is 5.16. The molecule has 0 aromatic heterocycles. The van der Waals surface area contributed by atoms with Crippen molar-refractivity contribution in [2.24, 2.45) is 0 Å². The summed E-state index contributed by atoms with van der Waals surface area (Å²) in [5.41, 5.74) is 2.19. The van der Waals surface area contributed by atoms with E-state index in [1.54, 1.807) is 0 Å². The van der Waals surface area contributed by atoms with Crippen molar-refractivity contribution in [1.29, 1.82) is 0 Å². The zero-order valence-corrected chi connectivity index (χ0v) is 19.5. The highest BCUT2D eigenvalue weighted by Crippen LogP contribution is 2.31. The Morgan fingerprint density at radius 2 is 1.57 bits per heavy atom. The van der Waals surface area contributed by atoms with Crippen LogP contribution in [-0.2, 0) is 5.41 Å². The maximum Gasteiger partial charge on any atom is 0.123 e. The molecular weight excluding hydrogens is 426 g/mol. The first-order valence-corrected chi connectivity index (χ1v) is 9.96. The molecule has 0 aliphatic carbocycles. The summed E-state index contributed by atoms with van der Waals surface area (Å²) in [5.74, 6) is 0.633. The fourth-order valence-electron chi connectivity index (χ4n) is 3.59. The molecule has 0 bridgehead atoms. The first kappa shape index (κ1) is 26.5. The van der Waals surface area contributed by atoms with Crippen LogP contribution in [-0.4, -0.2) is 55.4 Å². The Kier molecular flexibility index (Phi) is 10.4. The first-order valence-electron chi connectivity index (χ1n) is 9.96. The molecule has 2 aromatic rings. The third-order valence-electron chi connectivity index (χ3n) is 5.16. The summed E-state index contributed by atoms with van der Waals surface area (Å²) in [6.07, 6.45) is -0.537. The molecule has 1 aliphatic rings. The summed E-state index contributed by atoms with van der Waals surface area (Å²) < 4.78 is 19.0. The number of piperazine rings is 1. The largest absolute Gasteiger partial charge is 0.491 e. The Bertz CT molecular complexity index is 761. The van der Waals surface area contributed by atoms with Crippen LogP contribution >= 0.6 is 24.8 Å². The van der Waals surface area contributed by atoms with Crippen LogP contribution in [0.4, 0.5) is 10.1 Å². The molecule has 0 amide bonds. The fourth-order valence-corrected chi connectivity index (χ4v) is 3.59. The molecule has 0 saturated carbocycles. The van der Waals surface area contributed by atoms with E-state index >= 15 is 0 Å². The minimum atomic E-state index is -0.537. The highest BCUT2D eigenvalue weighted by atomic mass is 35.5. The molecule has 1 atom stereocenters. The second kappa shape index (κ2) is 11.8. The van der Waals surface area contributed by atoms with Crippen LogP contribution in [0.1, 0.15) is 26.3 Å². The molecule has 2 aromatic carbocycles. The van der Waals surface area contributed by atoms with Gasteiger partial charge in [0.2, 0.25) is 0 Å². The summed E-state index contributed by atoms with van der Waals surface area (Å²) >= 11 is 0. The summed E-state index contributed by atoms with van der Waals surface area (Å²) in [6, 6.07) is 14.7. The Balaban J connectivity index is 0.00000225. The summed E-state index contributed by atoms with van der Waals surface area (Å²) in [4.78, 5) is 4.50. The molecule has 1 fully saturated rings. The molecule has 1 heterocycles. The number of aliphatic hydroxyl groups is 1. The van der Waals surface area contributed by atoms with Crippen LogP contribution in [0.2, 0.25) is 0 Å². The minimum absolute atomic E-state index is 0. The van der Waals surface area contributed by atoms with Gasteiger partial charge in [-0.25, -0.2) is 4.39 Å². The van der Waals surface area contributed by atoms with Crippen molar-refractivity contribution in [2.45, 2.75) is 32.3 Å². The smallest absolute Gasteiger partial charge is 0.123 e. The van der Waals surface area contributed by atoms with Crippen molar-refractivity contribution >= 4 is 30.5 Å². The lowest BCUT2D eigenvalue weighted by Gasteiger charge is -2.37. The average Bonchev–Trinajstić information content (AvgIpc) is 2.67. The molecular formula is C23H33Cl2FN2O2. The van der Waals surface area contributed by atoms with Gasteiger partial charge in [-0.15, -0.1) is 24.8 Å². The predicted octanol–water partition coefficient (Wildman–Crippen LogP) is 4.53. The lowest BCUT2D eigenvalue weighted by molar-refractivity contribution is 0.0656. The Labute approximate surface area is 191 Å². The molecule has 7 heteroatoms. The Morgan fingerprint density at radius 1 is 0.967 bits per heavy atom. The number of hydrogen-bond acceptors (Lipinski definition) is 4. The van der Waals surface area contributed by atoms with Gasteiger partial charge >= 0.3 is 0 Å². The van der Waals surface area contributed by atoms with Gasteiger partial charge in [-0.3, -0.25) is 4.90 Å². The molecule has 1 N–H and O–H groups in total. The monoisotopic (exact) mass is 458 g/mol. The molecule has 0 spiro atoms. The van der Waals surface area contributed by atoms with Crippen molar-refractivity contribution in [3.63, 3.8) is 0 Å². The quantitative estimate of drug-likeness (QED) is 0.689. The number of aliphatic hydroxyl groups excluding tert-OH is 1. The zero-order chi connectivity index (χ0) is 20.1. The SMILES string of the molecule is CC(C)(C)c1ccccc1OCC(O)CN1CCN(c2ccc(F)cc2)CC1.Cl.Cl. The molecule has 168 valence electrons. The van der Waals surface area contributed by atoms with Crippen molar-refractivity contribution in [2.75, 3.05) is 44.2 Å². The number of ether oxygens (including phenoxy) is 1. The number of β-amino-alcohol motifs (C(OH)–C–C–N with tert-alkyl or cyclic N) is 1. The lowest BCUT2D eigenvalue weighted by atomic mass is 9.86. The van der Waals surface area contributed by atoms with E-state index < -0.39 is 6.10 Å². The van der Waals surface area contributed by atoms with E-state index in [9.17, 15) is 9.50 Å². The normalized spacial score (nSPS) is 15.7. The number of nitrogens with zero attached hydrogens (tertiary/aromatic N) is 2. The molecule has 0 radical (unpaired) electrons. The fraction of sp³-hybridized carbons (Fsp3) is 0.478. The highest BCUT2D eigenvalue weighted by Gasteiger charge is 2.21. The molecule has 30 heavy (non-hydrogen) atoms. The third kappa shape index (κ3) is 7.31. The van der Waals surface area contributed by atoms with Gasteiger partial charge < -0.3 is 14.7 Å². The van der Waals surface area contributed by atoms with Crippen LogP contribution in [0.5, 0.6) is 5.75 Å². The van der Waals surface area contributed by atoms with E-state index in [4.69, 9.17) is 4.74 Å². The van der Waals surface area contributed by atoms with Crippen LogP contribution in [0, 0.1) is 5.82 Å². The maximum absolute atomic E-state index is 13.1. The number of halogens is 3. The van der Waals surface area contributed by atoms with Crippen molar-refractivity contribution in [3.05, 3.63) is 59.9 Å². The van der Waals surface area contributed by atoms with E-state index in [1.165, 1.54) is 12.1 Å². The Morgan fingerprint density at radius 3 is 2.17 bits per heavy atom. The van der Waals surface area contributed by atoms with Crippen LogP contribution < -0.4 is 9.64 Å². The van der Waals surface area contributed by atoms with E-state index in [0.29, 0.717) is 6.54 Å². The van der Waals surface area contributed by atoms with Gasteiger partial charge in [-0.05, 0) is 41.3 Å². The van der Waals surface area contributed by atoms with Gasteiger partial charge in [-0.1, -0.05) is 39.0 Å². The molecule has 1 aliphatic heterocycles.